The molecule has 7 heteroatoms. The van der Waals surface area contributed by atoms with E-state index in [1.54, 1.807) is 84.9 Å². The van der Waals surface area contributed by atoms with E-state index in [2.05, 4.69) is 5.32 Å². The number of amides is 1. The summed E-state index contributed by atoms with van der Waals surface area (Å²) in [4.78, 5) is 24.5. The second-order valence-electron chi connectivity index (χ2n) is 7.42. The average molecular weight is 451 g/mol. The van der Waals surface area contributed by atoms with Crippen LogP contribution in [0.2, 0.25) is 0 Å². The van der Waals surface area contributed by atoms with Crippen molar-refractivity contribution >= 4 is 23.4 Å². The number of carboxylic acid groups (broad SMARTS) is 1. The van der Waals surface area contributed by atoms with Gasteiger partial charge in [-0.2, -0.15) is 0 Å². The van der Waals surface area contributed by atoms with Crippen molar-refractivity contribution in [3.05, 3.63) is 114 Å². The molecule has 0 aliphatic heterocycles. The highest BCUT2D eigenvalue weighted by atomic mass is 16.5. The van der Waals surface area contributed by atoms with E-state index in [4.69, 9.17) is 15.9 Å². The molecule has 4 rings (SSSR count). The quantitative estimate of drug-likeness (QED) is 0.222. The molecule has 0 aromatic heterocycles. The Kier molecular flexibility index (Phi) is 6.36. The van der Waals surface area contributed by atoms with Crippen molar-refractivity contribution < 1.29 is 19.4 Å². The number of amidine groups is 1. The van der Waals surface area contributed by atoms with Crippen LogP contribution in [-0.4, -0.2) is 22.8 Å². The van der Waals surface area contributed by atoms with Gasteiger partial charge < -0.3 is 20.9 Å². The van der Waals surface area contributed by atoms with Crippen LogP contribution in [0.25, 0.3) is 11.1 Å². The van der Waals surface area contributed by atoms with Gasteiger partial charge in [-0.1, -0.05) is 36.4 Å². The Morgan fingerprint density at radius 2 is 1.47 bits per heavy atom. The van der Waals surface area contributed by atoms with Gasteiger partial charge in [-0.15, -0.1) is 0 Å². The number of ether oxygens (including phenoxy) is 1. The monoisotopic (exact) mass is 451 g/mol. The molecule has 0 radical (unpaired) electrons. The third-order valence-corrected chi connectivity index (χ3v) is 5.11. The van der Waals surface area contributed by atoms with Crippen molar-refractivity contribution in [2.75, 3.05) is 5.32 Å². The van der Waals surface area contributed by atoms with Gasteiger partial charge in [0.05, 0.1) is 5.56 Å². The second-order valence-corrected chi connectivity index (χ2v) is 7.42. The lowest BCUT2D eigenvalue weighted by molar-refractivity contribution is 0.0697. The predicted octanol–water partition coefficient (Wildman–Crippen LogP) is 5.38. The Morgan fingerprint density at radius 3 is 2.15 bits per heavy atom. The van der Waals surface area contributed by atoms with Gasteiger partial charge in [0, 0.05) is 22.4 Å². The maximum absolute atomic E-state index is 12.6. The number of hydrogen-bond donors (Lipinski definition) is 4. The molecule has 0 spiro atoms. The molecule has 34 heavy (non-hydrogen) atoms. The average Bonchev–Trinajstić information content (AvgIpc) is 2.85. The van der Waals surface area contributed by atoms with Crippen LogP contribution in [-0.2, 0) is 0 Å². The molecule has 168 valence electrons. The normalized spacial score (nSPS) is 10.4. The van der Waals surface area contributed by atoms with Crippen LogP contribution in [0.5, 0.6) is 11.5 Å². The van der Waals surface area contributed by atoms with Crippen molar-refractivity contribution in [2.45, 2.75) is 0 Å². The summed E-state index contributed by atoms with van der Waals surface area (Å²) in [5, 5.41) is 20.1. The van der Waals surface area contributed by atoms with Gasteiger partial charge in [-0.25, -0.2) is 4.79 Å². The summed E-state index contributed by atoms with van der Waals surface area (Å²) >= 11 is 0. The molecular weight excluding hydrogens is 430 g/mol. The number of carbonyl (C=O) groups is 2. The molecule has 0 bridgehead atoms. The standard InChI is InChI=1S/C27H21N3O4/c28-25(29)17-10-13-20(14-11-17)34-24-15-12-19(30-26(31)18-6-2-1-3-7-18)16-23(24)21-8-4-5-9-22(21)27(32)33/h1-16H,(H3,28,29)(H,30,31)(H,32,33). The first kappa shape index (κ1) is 22.3. The van der Waals surface area contributed by atoms with Crippen LogP contribution < -0.4 is 15.8 Å². The van der Waals surface area contributed by atoms with Crippen LogP contribution in [0.3, 0.4) is 0 Å². The SMILES string of the molecule is N=C(N)c1ccc(Oc2ccc(NC(=O)c3ccccc3)cc2-c2ccccc2C(=O)O)cc1. The molecule has 7 nitrogen and oxygen atoms in total. The maximum atomic E-state index is 12.6. The highest BCUT2D eigenvalue weighted by Gasteiger charge is 2.17. The molecular formula is C27H21N3O4. The third-order valence-electron chi connectivity index (χ3n) is 5.11. The van der Waals surface area contributed by atoms with Crippen LogP contribution in [0.1, 0.15) is 26.3 Å². The summed E-state index contributed by atoms with van der Waals surface area (Å²) in [5.41, 5.74) is 8.11. The zero-order chi connectivity index (χ0) is 24.1. The highest BCUT2D eigenvalue weighted by Crippen LogP contribution is 2.37. The van der Waals surface area contributed by atoms with Crippen LogP contribution in [0.4, 0.5) is 5.69 Å². The third kappa shape index (κ3) is 4.94. The van der Waals surface area contributed by atoms with E-state index in [9.17, 15) is 14.7 Å². The minimum absolute atomic E-state index is 0.0545. The molecule has 4 aromatic rings. The maximum Gasteiger partial charge on any atom is 0.336 e. The number of aromatic carboxylic acids is 1. The Labute approximate surface area is 196 Å². The number of carboxylic acids is 1. The van der Waals surface area contributed by atoms with E-state index in [-0.39, 0.29) is 17.3 Å². The number of nitrogen functional groups attached to an aromatic ring is 1. The van der Waals surface area contributed by atoms with Crippen molar-refractivity contribution in [1.29, 1.82) is 5.41 Å². The van der Waals surface area contributed by atoms with E-state index >= 15 is 0 Å². The topological polar surface area (TPSA) is 126 Å². The summed E-state index contributed by atoms with van der Waals surface area (Å²) in [6.07, 6.45) is 0. The van der Waals surface area contributed by atoms with Crippen molar-refractivity contribution in [3.63, 3.8) is 0 Å². The van der Waals surface area contributed by atoms with Gasteiger partial charge in [-0.05, 0) is 66.2 Å². The molecule has 0 atom stereocenters. The largest absolute Gasteiger partial charge is 0.478 e. The highest BCUT2D eigenvalue weighted by molar-refractivity contribution is 6.05. The molecule has 0 aliphatic carbocycles. The fraction of sp³-hybridized carbons (Fsp3) is 0. The van der Waals surface area contributed by atoms with E-state index in [0.717, 1.165) is 0 Å². The van der Waals surface area contributed by atoms with Crippen molar-refractivity contribution in [3.8, 4) is 22.6 Å². The molecule has 0 saturated carbocycles. The molecule has 5 N–H and O–H groups in total. The van der Waals surface area contributed by atoms with Gasteiger partial charge in [-0.3, -0.25) is 10.2 Å². The molecule has 0 aliphatic rings. The zero-order valence-corrected chi connectivity index (χ0v) is 18.0. The van der Waals surface area contributed by atoms with Crippen molar-refractivity contribution in [2.24, 2.45) is 5.73 Å². The summed E-state index contributed by atoms with van der Waals surface area (Å²) in [5.74, 6) is -0.527. The summed E-state index contributed by atoms with van der Waals surface area (Å²) < 4.78 is 6.06. The van der Waals surface area contributed by atoms with E-state index in [1.165, 1.54) is 6.07 Å². The first-order valence-electron chi connectivity index (χ1n) is 10.4. The summed E-state index contributed by atoms with van der Waals surface area (Å²) in [7, 11) is 0. The van der Waals surface area contributed by atoms with Crippen LogP contribution in [0, 0.1) is 5.41 Å². The number of benzene rings is 4. The van der Waals surface area contributed by atoms with Gasteiger partial charge in [0.15, 0.2) is 0 Å². The molecule has 0 saturated heterocycles. The lowest BCUT2D eigenvalue weighted by atomic mass is 9.98. The second kappa shape index (κ2) is 9.70. The predicted molar refractivity (Wildman–Crippen MR) is 131 cm³/mol. The number of nitrogens with two attached hydrogens (primary N) is 1. The first-order valence-corrected chi connectivity index (χ1v) is 10.4. The molecule has 0 fully saturated rings. The smallest absolute Gasteiger partial charge is 0.336 e. The summed E-state index contributed by atoms with van der Waals surface area (Å²) in [6.45, 7) is 0. The van der Waals surface area contributed by atoms with E-state index in [1.807, 2.05) is 6.07 Å². The number of nitrogens with one attached hydrogen (secondary N) is 2. The van der Waals surface area contributed by atoms with Gasteiger partial charge in [0.2, 0.25) is 0 Å². The first-order chi connectivity index (χ1) is 16.4. The minimum Gasteiger partial charge on any atom is -0.478 e. The van der Waals surface area contributed by atoms with Gasteiger partial charge in [0.1, 0.15) is 17.3 Å². The number of anilines is 1. The van der Waals surface area contributed by atoms with Crippen molar-refractivity contribution in [1.82, 2.24) is 0 Å². The fourth-order valence-corrected chi connectivity index (χ4v) is 3.43. The van der Waals surface area contributed by atoms with Gasteiger partial charge in [0.25, 0.3) is 5.91 Å². The van der Waals surface area contributed by atoms with Gasteiger partial charge >= 0.3 is 5.97 Å². The Balaban J connectivity index is 1.74. The number of carbonyl (C=O) groups excluding carboxylic acids is 1. The molecule has 1 amide bonds. The zero-order valence-electron chi connectivity index (χ0n) is 18.0. The van der Waals surface area contributed by atoms with E-state index < -0.39 is 5.97 Å². The number of rotatable bonds is 7. The van der Waals surface area contributed by atoms with Crippen LogP contribution in [0.15, 0.2) is 97.1 Å². The molecule has 0 heterocycles. The Bertz CT molecular complexity index is 1370. The fourth-order valence-electron chi connectivity index (χ4n) is 3.43. The molecule has 0 unspecified atom stereocenters. The lowest BCUT2D eigenvalue weighted by Crippen LogP contribution is -2.11. The molecule has 4 aromatic carbocycles. The summed E-state index contributed by atoms with van der Waals surface area (Å²) in [6, 6.07) is 27.1. The van der Waals surface area contributed by atoms with Crippen LogP contribution >= 0.6 is 0 Å². The number of hydrogen-bond acceptors (Lipinski definition) is 4. The Morgan fingerprint density at radius 1 is 0.794 bits per heavy atom. The Hall–Kier alpha value is -4.91. The van der Waals surface area contributed by atoms with E-state index in [0.29, 0.717) is 39.4 Å². The minimum atomic E-state index is -1.08. The lowest BCUT2D eigenvalue weighted by Gasteiger charge is -2.16.